The molecule has 0 saturated carbocycles. The fourth-order valence-corrected chi connectivity index (χ4v) is 4.91. The van der Waals surface area contributed by atoms with Gasteiger partial charge in [0.1, 0.15) is 0 Å². The van der Waals surface area contributed by atoms with Crippen LogP contribution in [0.1, 0.15) is 29.3 Å². The van der Waals surface area contributed by atoms with Gasteiger partial charge in [0.25, 0.3) is 5.91 Å². The number of carbonyl (C=O) groups is 2. The molecule has 0 aliphatic carbocycles. The number of hydrogen-bond donors (Lipinski definition) is 5. The molecule has 0 radical (unpaired) electrons. The van der Waals surface area contributed by atoms with Gasteiger partial charge >= 0.3 is 0 Å². The second-order valence-corrected chi connectivity index (χ2v) is 9.80. The monoisotopic (exact) mass is 579 g/mol. The quantitative estimate of drug-likeness (QED) is 0.181. The largest absolute Gasteiger partial charge is 0.494 e. The van der Waals surface area contributed by atoms with Crippen molar-refractivity contribution in [1.29, 1.82) is 0 Å². The molecule has 0 spiro atoms. The first-order valence-electron chi connectivity index (χ1n) is 13.5. The number of fused-ring (bicyclic) bond motifs is 1. The maximum atomic E-state index is 14.8. The van der Waals surface area contributed by atoms with Crippen molar-refractivity contribution in [3.05, 3.63) is 71.7 Å². The number of ether oxygens (including phenoxy) is 1. The Morgan fingerprint density at radius 2 is 1.95 bits per heavy atom. The zero-order chi connectivity index (χ0) is 29.8. The van der Waals surface area contributed by atoms with Crippen LogP contribution in [0.25, 0.3) is 16.9 Å². The highest BCUT2D eigenvalue weighted by Crippen LogP contribution is 2.31. The Bertz CT molecular complexity index is 1630. The first-order chi connectivity index (χ1) is 20.3. The minimum absolute atomic E-state index is 0.0233. The molecule has 42 heavy (non-hydrogen) atoms. The second-order valence-electron chi connectivity index (χ2n) is 9.80. The Hall–Kier alpha value is -4.62. The van der Waals surface area contributed by atoms with E-state index >= 15 is 0 Å². The van der Waals surface area contributed by atoms with Crippen LogP contribution in [0.15, 0.2) is 48.9 Å². The second kappa shape index (κ2) is 12.5. The molecule has 13 heteroatoms. The lowest BCUT2D eigenvalue weighted by Gasteiger charge is -2.14. The summed E-state index contributed by atoms with van der Waals surface area (Å²) in [5.41, 5.74) is 2.71. The summed E-state index contributed by atoms with van der Waals surface area (Å²) in [4.78, 5) is 33.8. The Kier molecular flexibility index (Phi) is 8.59. The number of halogens is 2. The molecule has 0 bridgehead atoms. The van der Waals surface area contributed by atoms with Crippen molar-refractivity contribution in [3.8, 4) is 17.0 Å². The van der Waals surface area contributed by atoms with Crippen LogP contribution in [0.4, 0.5) is 20.3 Å². The molecular weight excluding hydrogens is 548 g/mol. The number of nitrogens with zero attached hydrogens (tertiary/aromatic N) is 3. The predicted molar refractivity (Wildman–Crippen MR) is 152 cm³/mol. The van der Waals surface area contributed by atoms with E-state index in [9.17, 15) is 23.5 Å². The topological polar surface area (TPSA) is 142 Å². The van der Waals surface area contributed by atoms with Crippen molar-refractivity contribution in [2.75, 3.05) is 32.1 Å². The Balaban J connectivity index is 1.27. The molecule has 11 nitrogen and oxygen atoms in total. The maximum absolute atomic E-state index is 14.8. The van der Waals surface area contributed by atoms with Crippen LogP contribution in [-0.4, -0.2) is 70.2 Å². The number of aryl methyl sites for hydroxylation is 1. The summed E-state index contributed by atoms with van der Waals surface area (Å²) in [5, 5.41) is 21.3. The number of imidazole rings is 1. The fraction of sp³-hybridized carbons (Fsp3) is 0.310. The summed E-state index contributed by atoms with van der Waals surface area (Å²) in [7, 11) is 1.27. The highest BCUT2D eigenvalue weighted by molar-refractivity contribution is 5.96. The summed E-state index contributed by atoms with van der Waals surface area (Å²) >= 11 is 0. The molecule has 3 heterocycles. The molecule has 2 aromatic carbocycles. The van der Waals surface area contributed by atoms with Gasteiger partial charge in [-0.05, 0) is 48.7 Å². The lowest BCUT2D eigenvalue weighted by atomic mass is 10.0. The van der Waals surface area contributed by atoms with Crippen LogP contribution in [0.5, 0.6) is 5.75 Å². The summed E-state index contributed by atoms with van der Waals surface area (Å²) in [5.74, 6) is -2.41. The number of carbonyl (C=O) groups excluding carboxylic acids is 2. The smallest absolute Gasteiger partial charge is 0.251 e. The molecule has 2 aromatic heterocycles. The number of aromatic nitrogens is 3. The predicted octanol–water partition coefficient (Wildman–Crippen LogP) is 2.56. The normalized spacial score (nSPS) is 16.4. The summed E-state index contributed by atoms with van der Waals surface area (Å²) in [6.07, 6.45) is 4.98. The average molecular weight is 580 g/mol. The van der Waals surface area contributed by atoms with E-state index in [1.54, 1.807) is 22.7 Å². The van der Waals surface area contributed by atoms with E-state index in [0.717, 1.165) is 5.56 Å². The third-order valence-corrected chi connectivity index (χ3v) is 7.10. The molecule has 0 unspecified atom stereocenters. The fourth-order valence-electron chi connectivity index (χ4n) is 4.91. The molecule has 5 N–H and O–H groups in total. The number of rotatable bonds is 10. The first-order valence-corrected chi connectivity index (χ1v) is 13.5. The molecule has 4 aromatic rings. The van der Waals surface area contributed by atoms with Crippen molar-refractivity contribution in [2.24, 2.45) is 0 Å². The number of methoxy groups -OCH3 is 1. The molecule has 1 aliphatic heterocycles. The molecule has 1 fully saturated rings. The number of hydrogen-bond acceptors (Lipinski definition) is 8. The molecule has 1 aliphatic rings. The molecular formula is C29H31F2N7O4. The number of aliphatic hydroxyl groups is 1. The number of benzene rings is 2. The number of amides is 2. The lowest BCUT2D eigenvalue weighted by molar-refractivity contribution is -0.122. The van der Waals surface area contributed by atoms with Crippen LogP contribution < -0.4 is 26.0 Å². The van der Waals surface area contributed by atoms with Gasteiger partial charge in [-0.25, -0.2) is 14.4 Å². The molecule has 5 rings (SSSR count). The van der Waals surface area contributed by atoms with E-state index in [4.69, 9.17) is 4.74 Å². The van der Waals surface area contributed by atoms with Crippen LogP contribution in [0.2, 0.25) is 0 Å². The van der Waals surface area contributed by atoms with Crippen molar-refractivity contribution in [3.63, 3.8) is 0 Å². The number of nitrogens with one attached hydrogen (secondary N) is 4. The minimum Gasteiger partial charge on any atom is -0.494 e. The van der Waals surface area contributed by atoms with E-state index in [0.29, 0.717) is 47.8 Å². The zero-order valence-corrected chi connectivity index (χ0v) is 23.1. The van der Waals surface area contributed by atoms with Gasteiger partial charge in [-0.15, -0.1) is 0 Å². The van der Waals surface area contributed by atoms with E-state index in [2.05, 4.69) is 31.2 Å². The summed E-state index contributed by atoms with van der Waals surface area (Å²) in [6, 6.07) is 7.63. The highest BCUT2D eigenvalue weighted by atomic mass is 19.2. The average Bonchev–Trinajstić information content (AvgIpc) is 3.63. The van der Waals surface area contributed by atoms with Gasteiger partial charge in [0.15, 0.2) is 23.0 Å². The van der Waals surface area contributed by atoms with Crippen molar-refractivity contribution < 1.29 is 28.2 Å². The van der Waals surface area contributed by atoms with Gasteiger partial charge in [-0.3, -0.25) is 14.0 Å². The van der Waals surface area contributed by atoms with E-state index in [1.807, 2.05) is 13.0 Å². The SMILES string of the molecule is CCc1cc(Nc2nccn3c(-c4ccc(OC)c(F)c4F)cnc23)ccc1C(=O)NCCNC(=O)[C@@H]1C[C@@H](O)CN1. The van der Waals surface area contributed by atoms with E-state index in [-0.39, 0.29) is 36.2 Å². The summed E-state index contributed by atoms with van der Waals surface area (Å²) in [6.45, 7) is 2.82. The van der Waals surface area contributed by atoms with Crippen LogP contribution in [0.3, 0.4) is 0 Å². The Morgan fingerprint density at radius 1 is 1.14 bits per heavy atom. The van der Waals surface area contributed by atoms with Crippen LogP contribution >= 0.6 is 0 Å². The Labute approximate surface area is 240 Å². The lowest BCUT2D eigenvalue weighted by Crippen LogP contribution is -2.43. The molecule has 1 saturated heterocycles. The molecule has 2 amide bonds. The Morgan fingerprint density at radius 3 is 2.69 bits per heavy atom. The van der Waals surface area contributed by atoms with Crippen molar-refractivity contribution in [2.45, 2.75) is 31.9 Å². The maximum Gasteiger partial charge on any atom is 0.251 e. The third kappa shape index (κ3) is 5.87. The van der Waals surface area contributed by atoms with Crippen LogP contribution in [-0.2, 0) is 11.2 Å². The van der Waals surface area contributed by atoms with Crippen molar-refractivity contribution >= 4 is 29.0 Å². The van der Waals surface area contributed by atoms with E-state index < -0.39 is 23.8 Å². The zero-order valence-electron chi connectivity index (χ0n) is 23.1. The third-order valence-electron chi connectivity index (χ3n) is 7.10. The highest BCUT2D eigenvalue weighted by Gasteiger charge is 2.27. The number of β-amino-alcohol motifs (C(OH)–C–C–N with tert-alkyl or cyclic N) is 1. The van der Waals surface area contributed by atoms with Gasteiger partial charge in [-0.1, -0.05) is 6.92 Å². The van der Waals surface area contributed by atoms with Gasteiger partial charge in [0, 0.05) is 48.8 Å². The molecule has 2 atom stereocenters. The minimum atomic E-state index is -1.08. The standard InChI is InChI=1S/C29H31F2N7O4/c1-3-16-12-17(4-5-19(16)28(40)33-8-9-34-29(41)21-13-18(39)14-35-21)37-26-27-36-15-22(38(27)11-10-32-26)20-6-7-23(42-2)25(31)24(20)30/h4-7,10-12,15,18,21,35,39H,3,8-9,13-14H2,1-2H3,(H,32,37)(H,33,40)(H,34,41)/t18-,21+/m1/s1. The summed E-state index contributed by atoms with van der Waals surface area (Å²) < 4.78 is 35.6. The number of aliphatic hydroxyl groups excluding tert-OH is 1. The number of anilines is 2. The van der Waals surface area contributed by atoms with Crippen molar-refractivity contribution in [1.82, 2.24) is 30.3 Å². The van der Waals surface area contributed by atoms with E-state index in [1.165, 1.54) is 31.6 Å². The van der Waals surface area contributed by atoms with Gasteiger partial charge < -0.3 is 31.1 Å². The van der Waals surface area contributed by atoms with Crippen LogP contribution in [0, 0.1) is 11.6 Å². The van der Waals surface area contributed by atoms with Gasteiger partial charge in [-0.2, -0.15) is 4.39 Å². The van der Waals surface area contributed by atoms with Gasteiger partial charge in [0.05, 0.1) is 31.1 Å². The molecule has 220 valence electrons. The van der Waals surface area contributed by atoms with Gasteiger partial charge in [0.2, 0.25) is 11.7 Å². The first kappa shape index (κ1) is 28.9.